The summed E-state index contributed by atoms with van der Waals surface area (Å²) >= 11 is 0. The van der Waals surface area contributed by atoms with Gasteiger partial charge in [-0.1, -0.05) is 0 Å². The molecule has 0 spiro atoms. The largest absolute Gasteiger partial charge is 0.375 e. The number of rotatable bonds is 3. The molecule has 0 aliphatic carbocycles. The maximum Gasteiger partial charge on any atom is 0.238 e. The van der Waals surface area contributed by atoms with E-state index in [1.165, 1.54) is 0 Å². The first kappa shape index (κ1) is 14.8. The van der Waals surface area contributed by atoms with Crippen molar-refractivity contribution in [1.29, 1.82) is 0 Å². The molecule has 2 aliphatic heterocycles. The van der Waals surface area contributed by atoms with E-state index >= 15 is 0 Å². The molecule has 0 aromatic rings. The molecule has 110 valence electrons. The van der Waals surface area contributed by atoms with Crippen LogP contribution in [0.4, 0.5) is 0 Å². The van der Waals surface area contributed by atoms with Crippen LogP contribution in [0.2, 0.25) is 0 Å². The van der Waals surface area contributed by atoms with Gasteiger partial charge in [-0.2, -0.15) is 0 Å². The van der Waals surface area contributed by atoms with Crippen molar-refractivity contribution in [3.05, 3.63) is 0 Å². The standard InChI is InChI=1S/C14H27N3O2/c1-4-16-13(18)12-10-15-6-7-17(12)11-5-8-19-14(2,3)9-11/h11-12,15H,4-10H2,1-3H3,(H,16,18). The number of carbonyl (C=O) groups is 1. The molecule has 5 nitrogen and oxygen atoms in total. The summed E-state index contributed by atoms with van der Waals surface area (Å²) < 4.78 is 5.79. The van der Waals surface area contributed by atoms with Crippen LogP contribution in [0.15, 0.2) is 0 Å². The van der Waals surface area contributed by atoms with Gasteiger partial charge in [0.25, 0.3) is 0 Å². The Hall–Kier alpha value is -0.650. The van der Waals surface area contributed by atoms with Crippen molar-refractivity contribution in [3.8, 4) is 0 Å². The summed E-state index contributed by atoms with van der Waals surface area (Å²) in [6.07, 6.45) is 2.03. The minimum Gasteiger partial charge on any atom is -0.375 e. The Morgan fingerprint density at radius 3 is 3.00 bits per heavy atom. The second kappa shape index (κ2) is 6.20. The third-order valence-electron chi connectivity index (χ3n) is 4.08. The van der Waals surface area contributed by atoms with E-state index in [-0.39, 0.29) is 17.6 Å². The van der Waals surface area contributed by atoms with E-state index in [0.29, 0.717) is 12.6 Å². The molecule has 0 bridgehead atoms. The summed E-state index contributed by atoms with van der Waals surface area (Å²) in [6, 6.07) is 0.422. The third-order valence-corrected chi connectivity index (χ3v) is 4.08. The van der Waals surface area contributed by atoms with Gasteiger partial charge in [-0.15, -0.1) is 0 Å². The van der Waals surface area contributed by atoms with Gasteiger partial charge in [-0.3, -0.25) is 9.69 Å². The fraction of sp³-hybridized carbons (Fsp3) is 0.929. The second-order valence-corrected chi connectivity index (χ2v) is 6.11. The van der Waals surface area contributed by atoms with Crippen molar-refractivity contribution >= 4 is 5.91 Å². The summed E-state index contributed by atoms with van der Waals surface area (Å²) in [5, 5.41) is 6.28. The van der Waals surface area contributed by atoms with Crippen LogP contribution in [0.5, 0.6) is 0 Å². The zero-order valence-corrected chi connectivity index (χ0v) is 12.4. The normalized spacial score (nSPS) is 31.9. The van der Waals surface area contributed by atoms with Gasteiger partial charge in [-0.25, -0.2) is 0 Å². The lowest BCUT2D eigenvalue weighted by molar-refractivity contribution is -0.132. The van der Waals surface area contributed by atoms with Gasteiger partial charge in [0, 0.05) is 38.8 Å². The second-order valence-electron chi connectivity index (χ2n) is 6.11. The number of amides is 1. The molecule has 0 radical (unpaired) electrons. The third kappa shape index (κ3) is 3.68. The molecule has 2 fully saturated rings. The van der Waals surface area contributed by atoms with Gasteiger partial charge >= 0.3 is 0 Å². The smallest absolute Gasteiger partial charge is 0.238 e. The molecule has 1 amide bonds. The van der Waals surface area contributed by atoms with Crippen molar-refractivity contribution in [2.75, 3.05) is 32.8 Å². The molecular formula is C14H27N3O2. The average Bonchev–Trinajstić information content (AvgIpc) is 2.38. The lowest BCUT2D eigenvalue weighted by atomic mass is 9.91. The van der Waals surface area contributed by atoms with Crippen molar-refractivity contribution < 1.29 is 9.53 Å². The van der Waals surface area contributed by atoms with Gasteiger partial charge in [0.15, 0.2) is 0 Å². The van der Waals surface area contributed by atoms with Gasteiger partial charge < -0.3 is 15.4 Å². The Bertz CT molecular complexity index is 320. The van der Waals surface area contributed by atoms with E-state index < -0.39 is 0 Å². The number of ether oxygens (including phenoxy) is 1. The van der Waals surface area contributed by atoms with Crippen molar-refractivity contribution in [2.45, 2.75) is 51.3 Å². The van der Waals surface area contributed by atoms with Gasteiger partial charge in [-0.05, 0) is 33.6 Å². The topological polar surface area (TPSA) is 53.6 Å². The van der Waals surface area contributed by atoms with Crippen LogP contribution in [-0.2, 0) is 9.53 Å². The summed E-state index contributed by atoms with van der Waals surface area (Å²) in [5.74, 6) is 0.152. The number of hydrogen-bond donors (Lipinski definition) is 2. The molecule has 2 atom stereocenters. The predicted octanol–water partition coefficient (Wildman–Crippen LogP) is 0.354. The molecule has 2 aliphatic rings. The Balaban J connectivity index is 2.04. The molecule has 2 rings (SSSR count). The summed E-state index contributed by atoms with van der Waals surface area (Å²) in [5.41, 5.74) is -0.0699. The van der Waals surface area contributed by atoms with Crippen LogP contribution in [0.3, 0.4) is 0 Å². The quantitative estimate of drug-likeness (QED) is 0.776. The van der Waals surface area contributed by atoms with E-state index in [9.17, 15) is 4.79 Å². The van der Waals surface area contributed by atoms with E-state index in [2.05, 4.69) is 29.4 Å². The summed E-state index contributed by atoms with van der Waals surface area (Å²) in [4.78, 5) is 14.6. The molecule has 0 aromatic carbocycles. The van der Waals surface area contributed by atoms with Crippen LogP contribution in [-0.4, -0.2) is 61.3 Å². The zero-order chi connectivity index (χ0) is 13.9. The highest BCUT2D eigenvalue weighted by Crippen LogP contribution is 2.28. The van der Waals surface area contributed by atoms with E-state index in [1.807, 2.05) is 6.92 Å². The Kier molecular flexibility index (Phi) is 4.81. The van der Waals surface area contributed by atoms with Crippen LogP contribution < -0.4 is 10.6 Å². The molecule has 19 heavy (non-hydrogen) atoms. The Morgan fingerprint density at radius 2 is 2.32 bits per heavy atom. The molecule has 5 heteroatoms. The fourth-order valence-corrected chi connectivity index (χ4v) is 3.18. The molecule has 2 saturated heterocycles. The van der Waals surface area contributed by atoms with E-state index in [1.54, 1.807) is 0 Å². The molecule has 2 heterocycles. The van der Waals surface area contributed by atoms with Crippen LogP contribution in [0, 0.1) is 0 Å². The van der Waals surface area contributed by atoms with Gasteiger partial charge in [0.2, 0.25) is 5.91 Å². The fourth-order valence-electron chi connectivity index (χ4n) is 3.18. The number of hydrogen-bond acceptors (Lipinski definition) is 4. The number of piperazine rings is 1. The van der Waals surface area contributed by atoms with E-state index in [0.717, 1.165) is 39.1 Å². The first-order valence-corrected chi connectivity index (χ1v) is 7.41. The highest BCUT2D eigenvalue weighted by atomic mass is 16.5. The zero-order valence-electron chi connectivity index (χ0n) is 12.4. The minimum atomic E-state index is -0.0699. The molecule has 0 aromatic heterocycles. The summed E-state index contributed by atoms with van der Waals surface area (Å²) in [7, 11) is 0. The van der Waals surface area contributed by atoms with Crippen molar-refractivity contribution in [3.63, 3.8) is 0 Å². The highest BCUT2D eigenvalue weighted by Gasteiger charge is 2.38. The number of nitrogens with one attached hydrogen (secondary N) is 2. The maximum atomic E-state index is 12.2. The molecule has 0 saturated carbocycles. The Labute approximate surface area is 116 Å². The first-order chi connectivity index (χ1) is 9.03. The molecule has 2 unspecified atom stereocenters. The number of likely N-dealkylation sites (N-methyl/N-ethyl adjacent to an activating group) is 1. The Morgan fingerprint density at radius 1 is 1.53 bits per heavy atom. The lowest BCUT2D eigenvalue weighted by Crippen LogP contribution is -2.62. The number of carbonyl (C=O) groups excluding carboxylic acids is 1. The van der Waals surface area contributed by atoms with Crippen LogP contribution in [0.1, 0.15) is 33.6 Å². The van der Waals surface area contributed by atoms with Crippen molar-refractivity contribution in [1.82, 2.24) is 15.5 Å². The first-order valence-electron chi connectivity index (χ1n) is 7.41. The van der Waals surface area contributed by atoms with Gasteiger partial charge in [0.1, 0.15) is 6.04 Å². The van der Waals surface area contributed by atoms with Crippen LogP contribution in [0.25, 0.3) is 0 Å². The maximum absolute atomic E-state index is 12.2. The predicted molar refractivity (Wildman–Crippen MR) is 75.1 cm³/mol. The SMILES string of the molecule is CCNC(=O)C1CNCCN1C1CCOC(C)(C)C1. The minimum absolute atomic E-state index is 0.0346. The van der Waals surface area contributed by atoms with Crippen molar-refractivity contribution in [2.24, 2.45) is 0 Å². The monoisotopic (exact) mass is 269 g/mol. The molecular weight excluding hydrogens is 242 g/mol. The van der Waals surface area contributed by atoms with E-state index in [4.69, 9.17) is 4.74 Å². The summed E-state index contributed by atoms with van der Waals surface area (Å²) in [6.45, 7) is 10.4. The number of nitrogens with zero attached hydrogens (tertiary/aromatic N) is 1. The average molecular weight is 269 g/mol. The highest BCUT2D eigenvalue weighted by molar-refractivity contribution is 5.82. The molecule has 2 N–H and O–H groups in total. The van der Waals surface area contributed by atoms with Gasteiger partial charge in [0.05, 0.1) is 5.60 Å². The lowest BCUT2D eigenvalue weighted by Gasteiger charge is -2.45. The van der Waals surface area contributed by atoms with Crippen LogP contribution >= 0.6 is 0 Å².